The first-order valence-corrected chi connectivity index (χ1v) is 12.2. The third-order valence-electron chi connectivity index (χ3n) is 4.61. The van der Waals surface area contributed by atoms with Crippen LogP contribution in [-0.4, -0.2) is 20.7 Å². The maximum atomic E-state index is 11.6. The summed E-state index contributed by atoms with van der Waals surface area (Å²) >= 11 is 0. The summed E-state index contributed by atoms with van der Waals surface area (Å²) in [6, 6.07) is 21.2. The second kappa shape index (κ2) is 9.96. The van der Waals surface area contributed by atoms with Crippen molar-refractivity contribution in [3.8, 4) is 0 Å². The van der Waals surface area contributed by atoms with E-state index in [4.69, 9.17) is 4.74 Å². The maximum absolute atomic E-state index is 11.6. The monoisotopic (exact) mass is 364 g/mol. The predicted octanol–water partition coefficient (Wildman–Crippen LogP) is 4.81. The molecular formula is C23H28O2Si. The van der Waals surface area contributed by atoms with Crippen LogP contribution in [0.1, 0.15) is 25.3 Å². The van der Waals surface area contributed by atoms with Gasteiger partial charge in [0, 0.05) is 0 Å². The van der Waals surface area contributed by atoms with Gasteiger partial charge in [-0.2, -0.15) is 0 Å². The molecule has 2 aromatic rings. The quantitative estimate of drug-likeness (QED) is 0.382. The van der Waals surface area contributed by atoms with E-state index in [0.717, 1.165) is 12.8 Å². The van der Waals surface area contributed by atoms with Crippen molar-refractivity contribution in [2.75, 3.05) is 6.61 Å². The number of carbonyl (C=O) groups excluding carboxylic acids is 1. The molecule has 0 heterocycles. The van der Waals surface area contributed by atoms with Gasteiger partial charge >= 0.3 is 5.97 Å². The molecule has 0 bridgehead atoms. The van der Waals surface area contributed by atoms with Crippen molar-refractivity contribution in [3.63, 3.8) is 0 Å². The van der Waals surface area contributed by atoms with Crippen LogP contribution in [0, 0.1) is 0 Å². The molecule has 0 saturated heterocycles. The molecule has 0 spiro atoms. The largest absolute Gasteiger partial charge is 0.466 e. The summed E-state index contributed by atoms with van der Waals surface area (Å²) in [7, 11) is -1.83. The van der Waals surface area contributed by atoms with Crippen LogP contribution in [0.15, 0.2) is 77.7 Å². The number of carbonyl (C=O) groups is 1. The third kappa shape index (κ3) is 5.87. The van der Waals surface area contributed by atoms with Crippen LogP contribution in [-0.2, 0) is 16.0 Å². The number of hydrogen-bond donors (Lipinski definition) is 0. The molecule has 2 aromatic carbocycles. The van der Waals surface area contributed by atoms with Gasteiger partial charge in [-0.3, -0.25) is 4.79 Å². The highest BCUT2D eigenvalue weighted by molar-refractivity contribution is 6.95. The number of esters is 1. The summed E-state index contributed by atoms with van der Waals surface area (Å²) in [6.45, 7) is 6.96. The molecule has 0 radical (unpaired) electrons. The van der Waals surface area contributed by atoms with E-state index >= 15 is 0 Å². The minimum Gasteiger partial charge on any atom is -0.466 e. The van der Waals surface area contributed by atoms with Gasteiger partial charge in [0.1, 0.15) is 8.07 Å². The topological polar surface area (TPSA) is 26.3 Å². The molecule has 0 aliphatic carbocycles. The van der Waals surface area contributed by atoms with Crippen molar-refractivity contribution in [1.82, 2.24) is 0 Å². The van der Waals surface area contributed by atoms with E-state index in [2.05, 4.69) is 73.4 Å². The summed E-state index contributed by atoms with van der Waals surface area (Å²) in [4.78, 5) is 11.6. The maximum Gasteiger partial charge on any atom is 0.310 e. The van der Waals surface area contributed by atoms with Crippen molar-refractivity contribution in [3.05, 3.63) is 83.2 Å². The van der Waals surface area contributed by atoms with Crippen LogP contribution in [0.3, 0.4) is 0 Å². The Balaban J connectivity index is 2.25. The van der Waals surface area contributed by atoms with Gasteiger partial charge < -0.3 is 4.74 Å². The summed E-state index contributed by atoms with van der Waals surface area (Å²) in [5, 5.41) is 2.72. The molecule has 26 heavy (non-hydrogen) atoms. The van der Waals surface area contributed by atoms with Gasteiger partial charge in [-0.1, -0.05) is 78.9 Å². The van der Waals surface area contributed by atoms with Gasteiger partial charge in [-0.25, -0.2) is 0 Å². The molecule has 0 aromatic heterocycles. The summed E-state index contributed by atoms with van der Waals surface area (Å²) in [5.41, 5.74) is 4.80. The molecule has 2 rings (SSSR count). The summed E-state index contributed by atoms with van der Waals surface area (Å²) in [5.74, 6) is -0.193. The first-order valence-electron chi connectivity index (χ1n) is 9.23. The molecule has 0 N–H and O–H groups in total. The molecule has 0 fully saturated rings. The SMILES string of the molecule is CCOC(=O)CC=C=C(CCc1ccccc1)[Si](C)(C)c1ccccc1. The number of aryl methyl sites for hydroxylation is 1. The number of rotatable bonds is 8. The Hall–Kier alpha value is -2.35. The Labute approximate surface area is 158 Å². The fourth-order valence-electron chi connectivity index (χ4n) is 2.99. The first-order chi connectivity index (χ1) is 12.5. The zero-order valence-electron chi connectivity index (χ0n) is 16.0. The van der Waals surface area contributed by atoms with Gasteiger partial charge in [0.2, 0.25) is 0 Å². The van der Waals surface area contributed by atoms with Gasteiger partial charge in [0.15, 0.2) is 0 Å². The molecule has 0 saturated carbocycles. The average molecular weight is 365 g/mol. The lowest BCUT2D eigenvalue weighted by molar-refractivity contribution is -0.142. The highest BCUT2D eigenvalue weighted by Crippen LogP contribution is 2.20. The highest BCUT2D eigenvalue weighted by Gasteiger charge is 2.27. The third-order valence-corrected chi connectivity index (χ3v) is 8.29. The Morgan fingerprint density at radius 1 is 1.04 bits per heavy atom. The van der Waals surface area contributed by atoms with Crippen molar-refractivity contribution in [2.45, 2.75) is 39.3 Å². The van der Waals surface area contributed by atoms with Gasteiger partial charge in [-0.15, -0.1) is 5.73 Å². The fourth-order valence-corrected chi connectivity index (χ4v) is 5.57. The minimum atomic E-state index is -1.83. The Kier molecular flexibility index (Phi) is 7.65. The normalized spacial score (nSPS) is 10.7. The average Bonchev–Trinajstić information content (AvgIpc) is 2.66. The zero-order valence-corrected chi connectivity index (χ0v) is 17.0. The van der Waals surface area contributed by atoms with Crippen molar-refractivity contribution < 1.29 is 9.53 Å². The molecular weight excluding hydrogens is 336 g/mol. The fraction of sp³-hybridized carbons (Fsp3) is 0.304. The predicted molar refractivity (Wildman–Crippen MR) is 111 cm³/mol. The van der Waals surface area contributed by atoms with E-state index in [0.29, 0.717) is 6.61 Å². The molecule has 0 aliphatic heterocycles. The van der Waals surface area contributed by atoms with E-state index in [1.165, 1.54) is 15.9 Å². The lowest BCUT2D eigenvalue weighted by atomic mass is 10.1. The number of ether oxygens (including phenoxy) is 1. The van der Waals surface area contributed by atoms with Crippen LogP contribution in [0.25, 0.3) is 0 Å². The smallest absolute Gasteiger partial charge is 0.310 e. The van der Waals surface area contributed by atoms with E-state index in [1.54, 1.807) is 0 Å². The molecule has 0 amide bonds. The number of hydrogen-bond acceptors (Lipinski definition) is 2. The summed E-state index contributed by atoms with van der Waals surface area (Å²) < 4.78 is 5.02. The van der Waals surface area contributed by atoms with Gasteiger partial charge in [0.05, 0.1) is 13.0 Å². The molecule has 0 aliphatic rings. The van der Waals surface area contributed by atoms with Crippen LogP contribution < -0.4 is 5.19 Å². The lowest BCUT2D eigenvalue weighted by Crippen LogP contribution is -2.43. The van der Waals surface area contributed by atoms with Gasteiger partial charge in [0.25, 0.3) is 0 Å². The van der Waals surface area contributed by atoms with E-state index in [1.807, 2.05) is 19.1 Å². The van der Waals surface area contributed by atoms with E-state index in [-0.39, 0.29) is 12.4 Å². The first kappa shape index (κ1) is 20.0. The molecule has 0 unspecified atom stereocenters. The van der Waals surface area contributed by atoms with E-state index < -0.39 is 8.07 Å². The highest BCUT2D eigenvalue weighted by atomic mass is 28.3. The van der Waals surface area contributed by atoms with Crippen LogP contribution >= 0.6 is 0 Å². The van der Waals surface area contributed by atoms with Crippen LogP contribution in [0.4, 0.5) is 0 Å². The Morgan fingerprint density at radius 2 is 1.65 bits per heavy atom. The molecule has 136 valence electrons. The Morgan fingerprint density at radius 3 is 2.27 bits per heavy atom. The van der Waals surface area contributed by atoms with Crippen molar-refractivity contribution >= 4 is 19.2 Å². The van der Waals surface area contributed by atoms with Crippen LogP contribution in [0.2, 0.25) is 13.1 Å². The second-order valence-electron chi connectivity index (χ2n) is 6.81. The second-order valence-corrected chi connectivity index (χ2v) is 11.2. The lowest BCUT2D eigenvalue weighted by Gasteiger charge is -2.25. The molecule has 2 nitrogen and oxygen atoms in total. The van der Waals surface area contributed by atoms with Crippen molar-refractivity contribution in [2.24, 2.45) is 0 Å². The summed E-state index contributed by atoms with van der Waals surface area (Å²) in [6.07, 6.45) is 4.06. The molecule has 0 atom stereocenters. The van der Waals surface area contributed by atoms with Crippen LogP contribution in [0.5, 0.6) is 0 Å². The van der Waals surface area contributed by atoms with Gasteiger partial charge in [-0.05, 0) is 36.6 Å². The standard InChI is InChI=1S/C23H28O2Si/c1-4-25-23(24)17-11-16-22(19-18-20-12-7-5-8-13-20)26(2,3)21-14-9-6-10-15-21/h5-15H,4,17-19H2,1-3H3. The minimum absolute atomic E-state index is 0.193. The Bertz CT molecular complexity index is 757. The molecule has 3 heteroatoms. The number of benzene rings is 2. The zero-order chi connectivity index (χ0) is 18.8. The van der Waals surface area contributed by atoms with Crippen molar-refractivity contribution in [1.29, 1.82) is 0 Å². The van der Waals surface area contributed by atoms with E-state index in [9.17, 15) is 4.79 Å².